The zero-order valence-electron chi connectivity index (χ0n) is 6.29. The maximum atomic E-state index is 10.7. The SMILES string of the molecule is C[CH]C(=O)OC1C=CC(Br)C1. The predicted molar refractivity (Wildman–Crippen MR) is 46.3 cm³/mol. The average Bonchev–Trinajstić information content (AvgIpc) is 2.35. The van der Waals surface area contributed by atoms with Crippen LogP contribution in [-0.2, 0) is 9.53 Å². The number of carbonyl (C=O) groups excluding carboxylic acids is 1. The monoisotopic (exact) mass is 217 g/mol. The van der Waals surface area contributed by atoms with Crippen molar-refractivity contribution in [2.24, 2.45) is 0 Å². The van der Waals surface area contributed by atoms with E-state index in [0.717, 1.165) is 6.42 Å². The summed E-state index contributed by atoms with van der Waals surface area (Å²) in [6.45, 7) is 1.67. The van der Waals surface area contributed by atoms with E-state index in [1.807, 2.05) is 12.2 Å². The van der Waals surface area contributed by atoms with Gasteiger partial charge in [0.1, 0.15) is 6.10 Å². The summed E-state index contributed by atoms with van der Waals surface area (Å²) in [5.41, 5.74) is 0. The standard InChI is InChI=1S/C8H10BrO2/c1-2-8(10)11-7-4-3-6(9)5-7/h2-4,6-7H,5H2,1H3. The first-order valence-electron chi connectivity index (χ1n) is 3.54. The van der Waals surface area contributed by atoms with Crippen molar-refractivity contribution < 1.29 is 9.53 Å². The highest BCUT2D eigenvalue weighted by Gasteiger charge is 2.18. The molecular formula is C8H10BrO2. The molecule has 61 valence electrons. The average molecular weight is 218 g/mol. The molecule has 1 aliphatic rings. The maximum absolute atomic E-state index is 10.7. The lowest BCUT2D eigenvalue weighted by Gasteiger charge is -2.08. The van der Waals surface area contributed by atoms with Gasteiger partial charge in [0.2, 0.25) is 0 Å². The van der Waals surface area contributed by atoms with Gasteiger partial charge in [0.25, 0.3) is 0 Å². The van der Waals surface area contributed by atoms with Crippen LogP contribution >= 0.6 is 15.9 Å². The van der Waals surface area contributed by atoms with Crippen molar-refractivity contribution >= 4 is 21.9 Å². The van der Waals surface area contributed by atoms with E-state index in [2.05, 4.69) is 15.9 Å². The van der Waals surface area contributed by atoms with Crippen LogP contribution in [0.15, 0.2) is 12.2 Å². The Kier molecular flexibility index (Phi) is 3.12. The largest absolute Gasteiger partial charge is 0.458 e. The molecule has 1 radical (unpaired) electrons. The normalized spacial score (nSPS) is 28.9. The first kappa shape index (κ1) is 8.78. The minimum atomic E-state index is -0.249. The number of hydrogen-bond acceptors (Lipinski definition) is 2. The number of halogens is 1. The highest BCUT2D eigenvalue weighted by atomic mass is 79.9. The van der Waals surface area contributed by atoms with Crippen LogP contribution in [-0.4, -0.2) is 16.9 Å². The van der Waals surface area contributed by atoms with E-state index in [-0.39, 0.29) is 12.1 Å². The Bertz CT molecular complexity index is 177. The molecule has 0 N–H and O–H groups in total. The fourth-order valence-electron chi connectivity index (χ4n) is 0.928. The van der Waals surface area contributed by atoms with Crippen molar-refractivity contribution in [3.63, 3.8) is 0 Å². The second-order valence-corrected chi connectivity index (χ2v) is 3.58. The molecule has 0 saturated carbocycles. The van der Waals surface area contributed by atoms with E-state index in [9.17, 15) is 4.79 Å². The molecule has 0 amide bonds. The molecule has 0 aliphatic heterocycles. The Hall–Kier alpha value is -0.310. The van der Waals surface area contributed by atoms with E-state index in [1.165, 1.54) is 6.42 Å². The minimum Gasteiger partial charge on any atom is -0.458 e. The zero-order chi connectivity index (χ0) is 8.27. The molecule has 0 aromatic carbocycles. The lowest BCUT2D eigenvalue weighted by atomic mass is 10.3. The third kappa shape index (κ3) is 2.66. The van der Waals surface area contributed by atoms with Gasteiger partial charge >= 0.3 is 5.97 Å². The summed E-state index contributed by atoms with van der Waals surface area (Å²) >= 11 is 3.40. The number of rotatable bonds is 2. The topological polar surface area (TPSA) is 26.3 Å². The molecule has 2 atom stereocenters. The van der Waals surface area contributed by atoms with Crippen molar-refractivity contribution in [3.8, 4) is 0 Å². The van der Waals surface area contributed by atoms with E-state index in [4.69, 9.17) is 4.74 Å². The summed E-state index contributed by atoms with van der Waals surface area (Å²) in [7, 11) is 0. The molecule has 0 saturated heterocycles. The zero-order valence-corrected chi connectivity index (χ0v) is 7.87. The molecule has 3 heteroatoms. The van der Waals surface area contributed by atoms with Gasteiger partial charge in [0, 0.05) is 11.2 Å². The quantitative estimate of drug-likeness (QED) is 0.401. The Morgan fingerprint density at radius 3 is 2.91 bits per heavy atom. The summed E-state index contributed by atoms with van der Waals surface area (Å²) in [6.07, 6.45) is 6.13. The highest BCUT2D eigenvalue weighted by molar-refractivity contribution is 9.09. The van der Waals surface area contributed by atoms with Gasteiger partial charge in [0.15, 0.2) is 0 Å². The summed E-state index contributed by atoms with van der Waals surface area (Å²) in [5.74, 6) is -0.249. The summed E-state index contributed by atoms with van der Waals surface area (Å²) in [4.78, 5) is 11.1. The van der Waals surface area contributed by atoms with Gasteiger partial charge in [-0.25, -0.2) is 0 Å². The molecule has 0 aromatic rings. The number of allylic oxidation sites excluding steroid dienone is 1. The maximum Gasteiger partial charge on any atom is 0.310 e. The van der Waals surface area contributed by atoms with Gasteiger partial charge in [-0.15, -0.1) is 0 Å². The Morgan fingerprint density at radius 2 is 2.45 bits per heavy atom. The molecular weight excluding hydrogens is 208 g/mol. The van der Waals surface area contributed by atoms with E-state index >= 15 is 0 Å². The van der Waals surface area contributed by atoms with Crippen LogP contribution in [0.3, 0.4) is 0 Å². The number of alkyl halides is 1. The van der Waals surface area contributed by atoms with Crippen LogP contribution in [0, 0.1) is 6.42 Å². The van der Waals surface area contributed by atoms with E-state index in [0.29, 0.717) is 4.83 Å². The second-order valence-electron chi connectivity index (χ2n) is 2.40. The Labute approximate surface area is 74.7 Å². The van der Waals surface area contributed by atoms with Gasteiger partial charge in [-0.3, -0.25) is 4.79 Å². The smallest absolute Gasteiger partial charge is 0.310 e. The van der Waals surface area contributed by atoms with Crippen molar-refractivity contribution in [1.29, 1.82) is 0 Å². The fraction of sp³-hybridized carbons (Fsp3) is 0.500. The first-order valence-corrected chi connectivity index (χ1v) is 4.46. The van der Waals surface area contributed by atoms with Crippen molar-refractivity contribution in [3.05, 3.63) is 18.6 Å². The molecule has 11 heavy (non-hydrogen) atoms. The molecule has 0 heterocycles. The lowest BCUT2D eigenvalue weighted by Crippen LogP contribution is -2.14. The molecule has 2 unspecified atom stereocenters. The van der Waals surface area contributed by atoms with Gasteiger partial charge in [-0.2, -0.15) is 0 Å². The minimum absolute atomic E-state index is 0.0388. The summed E-state index contributed by atoms with van der Waals surface area (Å²) in [5, 5.41) is 0. The molecule has 0 aromatic heterocycles. The second kappa shape index (κ2) is 3.90. The van der Waals surface area contributed by atoms with Crippen molar-refractivity contribution in [2.75, 3.05) is 0 Å². The van der Waals surface area contributed by atoms with Crippen molar-refractivity contribution in [2.45, 2.75) is 24.3 Å². The molecule has 2 nitrogen and oxygen atoms in total. The van der Waals surface area contributed by atoms with Gasteiger partial charge in [-0.1, -0.05) is 28.9 Å². The fourth-order valence-corrected chi connectivity index (χ4v) is 1.47. The van der Waals surface area contributed by atoms with E-state index in [1.54, 1.807) is 6.92 Å². The first-order chi connectivity index (χ1) is 5.22. The molecule has 1 rings (SSSR count). The third-order valence-electron chi connectivity index (χ3n) is 1.50. The molecule has 0 fully saturated rings. The molecule has 0 spiro atoms. The molecule has 0 bridgehead atoms. The van der Waals surface area contributed by atoms with Crippen LogP contribution in [0.1, 0.15) is 13.3 Å². The van der Waals surface area contributed by atoms with Crippen LogP contribution in [0.5, 0.6) is 0 Å². The van der Waals surface area contributed by atoms with Crippen molar-refractivity contribution in [1.82, 2.24) is 0 Å². The third-order valence-corrected chi connectivity index (χ3v) is 2.17. The van der Waals surface area contributed by atoms with E-state index < -0.39 is 0 Å². The number of carbonyl (C=O) groups is 1. The van der Waals surface area contributed by atoms with Gasteiger partial charge in [0.05, 0.1) is 6.42 Å². The predicted octanol–water partition coefficient (Wildman–Crippen LogP) is 1.85. The number of esters is 1. The van der Waals surface area contributed by atoms with Crippen LogP contribution in [0.25, 0.3) is 0 Å². The lowest BCUT2D eigenvalue weighted by molar-refractivity contribution is -0.142. The van der Waals surface area contributed by atoms with Crippen LogP contribution in [0.4, 0.5) is 0 Å². The Balaban J connectivity index is 2.29. The van der Waals surface area contributed by atoms with Gasteiger partial charge < -0.3 is 4.74 Å². The van der Waals surface area contributed by atoms with Crippen LogP contribution < -0.4 is 0 Å². The molecule has 1 aliphatic carbocycles. The van der Waals surface area contributed by atoms with Crippen LogP contribution in [0.2, 0.25) is 0 Å². The Morgan fingerprint density at radius 1 is 1.73 bits per heavy atom. The number of ether oxygens (including phenoxy) is 1. The number of hydrogen-bond donors (Lipinski definition) is 0. The van der Waals surface area contributed by atoms with Gasteiger partial charge in [-0.05, 0) is 6.08 Å². The summed E-state index contributed by atoms with van der Waals surface area (Å²) < 4.78 is 5.02. The summed E-state index contributed by atoms with van der Waals surface area (Å²) in [6, 6.07) is 0. The highest BCUT2D eigenvalue weighted by Crippen LogP contribution is 2.20.